The molecule has 2 aromatic rings. The Bertz CT molecular complexity index is 751. The van der Waals surface area contributed by atoms with E-state index in [0.29, 0.717) is 18.7 Å². The second-order valence-corrected chi connectivity index (χ2v) is 7.22. The number of carbonyl (C=O) groups is 1. The van der Waals surface area contributed by atoms with Gasteiger partial charge >= 0.3 is 0 Å². The molecule has 0 aromatic carbocycles. The Morgan fingerprint density at radius 1 is 1.48 bits per heavy atom. The van der Waals surface area contributed by atoms with E-state index >= 15 is 0 Å². The Balaban J connectivity index is 2.01. The van der Waals surface area contributed by atoms with Gasteiger partial charge < -0.3 is 10.6 Å². The van der Waals surface area contributed by atoms with Crippen molar-refractivity contribution in [3.8, 4) is 0 Å². The Kier molecular flexibility index (Phi) is 3.88. The Morgan fingerprint density at radius 2 is 2.22 bits per heavy atom. The number of amides is 1. The van der Waals surface area contributed by atoms with Crippen LogP contribution in [-0.2, 0) is 0 Å². The number of carbonyl (C=O) groups excluding carboxylic acids is 1. The van der Waals surface area contributed by atoms with Crippen LogP contribution in [-0.4, -0.2) is 45.2 Å². The normalized spacial score (nSPS) is 21.6. The van der Waals surface area contributed by atoms with Gasteiger partial charge in [0.15, 0.2) is 5.65 Å². The van der Waals surface area contributed by atoms with Gasteiger partial charge in [-0.25, -0.2) is 9.67 Å². The third kappa shape index (κ3) is 2.72. The summed E-state index contributed by atoms with van der Waals surface area (Å²) in [6.45, 7) is 10.3. The van der Waals surface area contributed by atoms with E-state index in [2.05, 4.69) is 30.9 Å². The lowest BCUT2D eigenvalue weighted by atomic mass is 9.90. The minimum absolute atomic E-state index is 0.0268. The number of likely N-dealkylation sites (tertiary alicyclic amines) is 1. The van der Waals surface area contributed by atoms with Crippen molar-refractivity contribution in [3.05, 3.63) is 23.5 Å². The van der Waals surface area contributed by atoms with Crippen LogP contribution in [0.5, 0.6) is 0 Å². The molecule has 0 radical (unpaired) electrons. The Morgan fingerprint density at radius 3 is 2.83 bits per heavy atom. The van der Waals surface area contributed by atoms with Crippen molar-refractivity contribution in [2.75, 3.05) is 19.6 Å². The zero-order valence-electron chi connectivity index (χ0n) is 14.3. The minimum atomic E-state index is 0.0268. The van der Waals surface area contributed by atoms with Crippen LogP contribution in [0.3, 0.4) is 0 Å². The van der Waals surface area contributed by atoms with Gasteiger partial charge in [0.1, 0.15) is 0 Å². The van der Waals surface area contributed by atoms with E-state index in [0.717, 1.165) is 29.7 Å². The summed E-state index contributed by atoms with van der Waals surface area (Å²) in [5.74, 6) is 0.0565. The molecule has 124 valence electrons. The number of aromatic nitrogens is 3. The highest BCUT2D eigenvalue weighted by Gasteiger charge is 2.35. The molecule has 1 atom stereocenters. The SMILES string of the molecule is Cc1cc(C(=O)N2CCC(C)(CN)C2)c2cnn(C(C)C)c2n1. The summed E-state index contributed by atoms with van der Waals surface area (Å²) >= 11 is 0. The van der Waals surface area contributed by atoms with Gasteiger partial charge in [-0.15, -0.1) is 0 Å². The first-order valence-electron chi connectivity index (χ1n) is 8.19. The Hall–Kier alpha value is -1.95. The monoisotopic (exact) mass is 315 g/mol. The molecule has 0 spiro atoms. The molecule has 6 heteroatoms. The minimum Gasteiger partial charge on any atom is -0.338 e. The maximum atomic E-state index is 13.0. The van der Waals surface area contributed by atoms with Crippen molar-refractivity contribution in [1.82, 2.24) is 19.7 Å². The van der Waals surface area contributed by atoms with Gasteiger partial charge in [0.05, 0.1) is 17.1 Å². The van der Waals surface area contributed by atoms with Gasteiger partial charge in [0.25, 0.3) is 5.91 Å². The molecule has 0 bridgehead atoms. The molecule has 0 aliphatic carbocycles. The zero-order valence-corrected chi connectivity index (χ0v) is 14.3. The van der Waals surface area contributed by atoms with Gasteiger partial charge in [-0.1, -0.05) is 6.92 Å². The molecule has 3 rings (SSSR count). The van der Waals surface area contributed by atoms with Gasteiger partial charge in [0.2, 0.25) is 0 Å². The maximum Gasteiger partial charge on any atom is 0.254 e. The largest absolute Gasteiger partial charge is 0.338 e. The number of fused-ring (bicyclic) bond motifs is 1. The first-order chi connectivity index (χ1) is 10.8. The summed E-state index contributed by atoms with van der Waals surface area (Å²) in [5, 5.41) is 5.24. The van der Waals surface area contributed by atoms with E-state index in [1.54, 1.807) is 6.20 Å². The molecule has 0 saturated carbocycles. The summed E-state index contributed by atoms with van der Waals surface area (Å²) in [4.78, 5) is 19.5. The number of aryl methyl sites for hydroxylation is 1. The standard InChI is InChI=1S/C17H25N5O/c1-11(2)22-15-14(8-19-22)13(7-12(3)20-15)16(23)21-6-5-17(4,9-18)10-21/h7-8,11H,5-6,9-10,18H2,1-4H3. The smallest absolute Gasteiger partial charge is 0.254 e. The van der Waals surface area contributed by atoms with E-state index < -0.39 is 0 Å². The average Bonchev–Trinajstić information content (AvgIpc) is 3.10. The van der Waals surface area contributed by atoms with Crippen molar-refractivity contribution >= 4 is 16.9 Å². The fourth-order valence-corrected chi connectivity index (χ4v) is 3.23. The summed E-state index contributed by atoms with van der Waals surface area (Å²) in [5.41, 5.74) is 8.20. The Labute approximate surface area is 136 Å². The van der Waals surface area contributed by atoms with Gasteiger partial charge in [-0.3, -0.25) is 4.79 Å². The average molecular weight is 315 g/mol. The van der Waals surface area contributed by atoms with E-state index in [9.17, 15) is 4.79 Å². The van der Waals surface area contributed by atoms with E-state index in [-0.39, 0.29) is 17.4 Å². The molecule has 6 nitrogen and oxygen atoms in total. The molecule has 1 fully saturated rings. The van der Waals surface area contributed by atoms with Crippen molar-refractivity contribution in [3.63, 3.8) is 0 Å². The van der Waals surface area contributed by atoms with Crippen LogP contribution >= 0.6 is 0 Å². The van der Waals surface area contributed by atoms with E-state index in [4.69, 9.17) is 5.73 Å². The number of nitrogens with two attached hydrogens (primary N) is 1. The first kappa shape index (κ1) is 15.9. The molecular formula is C17H25N5O. The van der Waals surface area contributed by atoms with Crippen LogP contribution in [0.4, 0.5) is 0 Å². The lowest BCUT2D eigenvalue weighted by Crippen LogP contribution is -2.34. The predicted molar refractivity (Wildman–Crippen MR) is 90.3 cm³/mol. The number of pyridine rings is 1. The second kappa shape index (κ2) is 5.60. The molecular weight excluding hydrogens is 290 g/mol. The van der Waals surface area contributed by atoms with Crippen LogP contribution in [0.2, 0.25) is 0 Å². The summed E-state index contributed by atoms with van der Waals surface area (Å²) in [7, 11) is 0. The maximum absolute atomic E-state index is 13.0. The van der Waals surface area contributed by atoms with Crippen molar-refractivity contribution in [2.24, 2.45) is 11.1 Å². The zero-order chi connectivity index (χ0) is 16.8. The van der Waals surface area contributed by atoms with Crippen LogP contribution in [0, 0.1) is 12.3 Å². The molecule has 3 heterocycles. The summed E-state index contributed by atoms with van der Waals surface area (Å²) < 4.78 is 1.87. The highest BCUT2D eigenvalue weighted by molar-refractivity contribution is 6.05. The highest BCUT2D eigenvalue weighted by Crippen LogP contribution is 2.31. The lowest BCUT2D eigenvalue weighted by Gasteiger charge is -2.22. The van der Waals surface area contributed by atoms with Crippen molar-refractivity contribution < 1.29 is 4.79 Å². The van der Waals surface area contributed by atoms with E-state index in [1.165, 1.54) is 0 Å². The fourth-order valence-electron chi connectivity index (χ4n) is 3.23. The molecule has 1 aliphatic rings. The third-order valence-corrected chi connectivity index (χ3v) is 4.75. The van der Waals surface area contributed by atoms with Gasteiger partial charge in [-0.2, -0.15) is 5.10 Å². The molecule has 2 N–H and O–H groups in total. The number of rotatable bonds is 3. The molecule has 1 aliphatic heterocycles. The van der Waals surface area contributed by atoms with Crippen molar-refractivity contribution in [2.45, 2.75) is 40.2 Å². The number of hydrogen-bond acceptors (Lipinski definition) is 4. The highest BCUT2D eigenvalue weighted by atomic mass is 16.2. The van der Waals surface area contributed by atoms with Gasteiger partial charge in [-0.05, 0) is 45.2 Å². The number of hydrogen-bond donors (Lipinski definition) is 1. The second-order valence-electron chi connectivity index (χ2n) is 7.22. The van der Waals surface area contributed by atoms with Crippen LogP contribution in [0.25, 0.3) is 11.0 Å². The fraction of sp³-hybridized carbons (Fsp3) is 0.588. The molecule has 23 heavy (non-hydrogen) atoms. The van der Waals surface area contributed by atoms with Crippen LogP contribution < -0.4 is 5.73 Å². The molecule has 1 saturated heterocycles. The molecule has 1 amide bonds. The quantitative estimate of drug-likeness (QED) is 0.941. The van der Waals surface area contributed by atoms with Gasteiger partial charge in [0, 0.05) is 24.8 Å². The predicted octanol–water partition coefficient (Wildman–Crippen LogP) is 2.13. The van der Waals surface area contributed by atoms with Crippen LogP contribution in [0.15, 0.2) is 12.3 Å². The lowest BCUT2D eigenvalue weighted by molar-refractivity contribution is 0.0778. The first-order valence-corrected chi connectivity index (χ1v) is 8.19. The topological polar surface area (TPSA) is 77.0 Å². The summed E-state index contributed by atoms with van der Waals surface area (Å²) in [6, 6.07) is 2.08. The molecule has 1 unspecified atom stereocenters. The molecule has 2 aromatic heterocycles. The number of nitrogens with zero attached hydrogens (tertiary/aromatic N) is 4. The van der Waals surface area contributed by atoms with Crippen LogP contribution in [0.1, 0.15) is 49.3 Å². The van der Waals surface area contributed by atoms with Crippen molar-refractivity contribution in [1.29, 1.82) is 0 Å². The third-order valence-electron chi connectivity index (χ3n) is 4.75. The summed E-state index contributed by atoms with van der Waals surface area (Å²) in [6.07, 6.45) is 2.71. The van der Waals surface area contributed by atoms with E-state index in [1.807, 2.05) is 22.6 Å².